The first-order valence-corrected chi connectivity index (χ1v) is 7.25. The molecule has 0 saturated carbocycles. The number of benzene rings is 1. The summed E-state index contributed by atoms with van der Waals surface area (Å²) in [5, 5.41) is 12.9. The van der Waals surface area contributed by atoms with Gasteiger partial charge in [0.2, 0.25) is 0 Å². The summed E-state index contributed by atoms with van der Waals surface area (Å²) in [4.78, 5) is 22.9. The summed E-state index contributed by atoms with van der Waals surface area (Å²) in [6.07, 6.45) is 3.24. The lowest BCUT2D eigenvalue weighted by atomic mass is 9.99. The molecule has 1 N–H and O–H groups in total. The van der Waals surface area contributed by atoms with Gasteiger partial charge in [0.25, 0.3) is 11.6 Å². The van der Waals surface area contributed by atoms with Gasteiger partial charge in [0.15, 0.2) is 0 Å². The molecule has 1 aromatic rings. The van der Waals surface area contributed by atoms with Crippen LogP contribution < -0.4 is 5.43 Å². The number of piperidine rings is 1. The summed E-state index contributed by atoms with van der Waals surface area (Å²) < 4.78 is 0. The Kier molecular flexibility index (Phi) is 4.57. The topological polar surface area (TPSA) is 75.5 Å². The molecule has 0 bridgehead atoms. The quantitative estimate of drug-likeness (QED) is 0.686. The van der Waals surface area contributed by atoms with Gasteiger partial charge in [-0.25, -0.2) is 5.01 Å². The Morgan fingerprint density at radius 2 is 1.95 bits per heavy atom. The summed E-state index contributed by atoms with van der Waals surface area (Å²) >= 11 is 0. The predicted octanol–water partition coefficient (Wildman–Crippen LogP) is 2.81. The second-order valence-corrected chi connectivity index (χ2v) is 5.68. The Labute approximate surface area is 124 Å². The number of nitro groups is 1. The Bertz CT molecular complexity index is 549. The molecule has 21 heavy (non-hydrogen) atoms. The number of nitrogens with one attached hydrogen (secondary N) is 1. The van der Waals surface area contributed by atoms with Crippen LogP contribution in [-0.4, -0.2) is 27.9 Å². The van der Waals surface area contributed by atoms with Crippen LogP contribution in [0.1, 0.15) is 49.0 Å². The monoisotopic (exact) mass is 291 g/mol. The fourth-order valence-corrected chi connectivity index (χ4v) is 2.89. The first kappa shape index (κ1) is 15.4. The van der Waals surface area contributed by atoms with Crippen LogP contribution in [-0.2, 0) is 0 Å². The molecule has 1 amide bonds. The lowest BCUT2D eigenvalue weighted by Crippen LogP contribution is -2.54. The minimum atomic E-state index is -0.460. The Morgan fingerprint density at radius 3 is 2.52 bits per heavy atom. The van der Waals surface area contributed by atoms with Crippen molar-refractivity contribution >= 4 is 11.6 Å². The third-order valence-corrected chi connectivity index (χ3v) is 4.17. The predicted molar refractivity (Wildman–Crippen MR) is 79.9 cm³/mol. The fraction of sp³-hybridized carbons (Fsp3) is 0.533. The second kappa shape index (κ2) is 6.22. The van der Waals surface area contributed by atoms with Crippen molar-refractivity contribution in [2.75, 3.05) is 0 Å². The average molecular weight is 291 g/mol. The highest BCUT2D eigenvalue weighted by Gasteiger charge is 2.27. The summed E-state index contributed by atoms with van der Waals surface area (Å²) in [5.41, 5.74) is 3.64. The molecule has 1 aliphatic heterocycles. The van der Waals surface area contributed by atoms with Gasteiger partial charge in [-0.15, -0.1) is 0 Å². The maximum absolute atomic E-state index is 12.4. The first-order valence-electron chi connectivity index (χ1n) is 7.25. The highest BCUT2D eigenvalue weighted by Crippen LogP contribution is 2.23. The van der Waals surface area contributed by atoms with E-state index in [4.69, 9.17) is 0 Å². The summed E-state index contributed by atoms with van der Waals surface area (Å²) in [5.74, 6) is -0.281. The van der Waals surface area contributed by atoms with Crippen LogP contribution in [0.25, 0.3) is 0 Å². The van der Waals surface area contributed by atoms with E-state index in [1.54, 1.807) is 19.1 Å². The molecular formula is C15H21N3O3. The maximum atomic E-state index is 12.4. The molecule has 1 aliphatic rings. The van der Waals surface area contributed by atoms with Crippen LogP contribution in [0.3, 0.4) is 0 Å². The summed E-state index contributed by atoms with van der Waals surface area (Å²) in [7, 11) is 0. The minimum absolute atomic E-state index is 0.0256. The van der Waals surface area contributed by atoms with Crippen molar-refractivity contribution in [1.82, 2.24) is 10.4 Å². The molecule has 0 unspecified atom stereocenters. The largest absolute Gasteiger partial charge is 0.284 e. The van der Waals surface area contributed by atoms with Crippen molar-refractivity contribution in [3.8, 4) is 0 Å². The third-order valence-electron chi connectivity index (χ3n) is 4.17. The molecule has 0 radical (unpaired) electrons. The molecule has 2 rings (SSSR count). The van der Waals surface area contributed by atoms with E-state index in [0.29, 0.717) is 11.1 Å². The van der Waals surface area contributed by atoms with Crippen LogP contribution >= 0.6 is 0 Å². The lowest BCUT2D eigenvalue weighted by molar-refractivity contribution is -0.385. The average Bonchev–Trinajstić information content (AvgIpc) is 2.42. The summed E-state index contributed by atoms with van der Waals surface area (Å²) in [6, 6.07) is 5.13. The smallest absolute Gasteiger partial charge is 0.273 e. The third kappa shape index (κ3) is 3.21. The maximum Gasteiger partial charge on any atom is 0.273 e. The van der Waals surface area contributed by atoms with E-state index in [2.05, 4.69) is 19.3 Å². The molecule has 1 fully saturated rings. The van der Waals surface area contributed by atoms with Gasteiger partial charge in [-0.05, 0) is 39.7 Å². The highest BCUT2D eigenvalue weighted by molar-refractivity contribution is 5.96. The van der Waals surface area contributed by atoms with Gasteiger partial charge >= 0.3 is 0 Å². The van der Waals surface area contributed by atoms with Crippen molar-refractivity contribution in [3.63, 3.8) is 0 Å². The van der Waals surface area contributed by atoms with Crippen molar-refractivity contribution < 1.29 is 9.72 Å². The van der Waals surface area contributed by atoms with Crippen LogP contribution in [0.15, 0.2) is 18.2 Å². The number of amides is 1. The number of hydrogen-bond donors (Lipinski definition) is 1. The fourth-order valence-electron chi connectivity index (χ4n) is 2.89. The van der Waals surface area contributed by atoms with Gasteiger partial charge in [0.1, 0.15) is 0 Å². The van der Waals surface area contributed by atoms with E-state index in [0.717, 1.165) is 19.3 Å². The van der Waals surface area contributed by atoms with Gasteiger partial charge in [-0.2, -0.15) is 0 Å². The molecule has 1 saturated heterocycles. The van der Waals surface area contributed by atoms with Gasteiger partial charge < -0.3 is 0 Å². The van der Waals surface area contributed by atoms with Crippen molar-refractivity contribution in [3.05, 3.63) is 39.4 Å². The van der Waals surface area contributed by atoms with Crippen LogP contribution in [0.2, 0.25) is 0 Å². The number of hydrazine groups is 1. The first-order chi connectivity index (χ1) is 9.91. The zero-order valence-electron chi connectivity index (χ0n) is 12.6. The van der Waals surface area contributed by atoms with Crippen molar-refractivity contribution in [2.45, 2.75) is 52.1 Å². The van der Waals surface area contributed by atoms with Crippen LogP contribution in [0.5, 0.6) is 0 Å². The van der Waals surface area contributed by atoms with Crippen LogP contribution in [0, 0.1) is 17.0 Å². The molecule has 0 spiro atoms. The molecule has 1 heterocycles. The van der Waals surface area contributed by atoms with E-state index in [-0.39, 0.29) is 23.7 Å². The molecule has 0 aliphatic carbocycles. The molecule has 0 aromatic heterocycles. The van der Waals surface area contributed by atoms with E-state index in [9.17, 15) is 14.9 Å². The second-order valence-electron chi connectivity index (χ2n) is 5.68. The van der Waals surface area contributed by atoms with Crippen LogP contribution in [0.4, 0.5) is 5.69 Å². The van der Waals surface area contributed by atoms with E-state index >= 15 is 0 Å². The SMILES string of the molecule is Cc1c(C(=O)NN2[C@H](C)CCC[C@H]2C)cccc1[N+](=O)[O-]. The Morgan fingerprint density at radius 1 is 1.33 bits per heavy atom. The standard InChI is InChI=1S/C15H21N3O3/c1-10-6-4-7-11(2)17(10)16-15(19)13-8-5-9-14(12(13)3)18(20)21/h5,8-11H,4,6-7H2,1-3H3,(H,16,19)/t10-,11-/m1/s1. The Hall–Kier alpha value is -1.95. The van der Waals surface area contributed by atoms with E-state index in [1.165, 1.54) is 6.07 Å². The molecular weight excluding hydrogens is 270 g/mol. The molecule has 6 heteroatoms. The minimum Gasteiger partial charge on any atom is -0.284 e. The highest BCUT2D eigenvalue weighted by atomic mass is 16.6. The number of carbonyl (C=O) groups is 1. The lowest BCUT2D eigenvalue weighted by Gasteiger charge is -2.38. The van der Waals surface area contributed by atoms with Gasteiger partial charge in [-0.1, -0.05) is 12.5 Å². The summed E-state index contributed by atoms with van der Waals surface area (Å²) in [6.45, 7) is 5.77. The number of carbonyl (C=O) groups excluding carboxylic acids is 1. The molecule has 6 nitrogen and oxygen atoms in total. The number of nitro benzene ring substituents is 1. The van der Waals surface area contributed by atoms with E-state index < -0.39 is 4.92 Å². The van der Waals surface area contributed by atoms with Gasteiger partial charge in [-0.3, -0.25) is 20.3 Å². The number of nitrogens with zero attached hydrogens (tertiary/aromatic N) is 2. The number of rotatable bonds is 3. The van der Waals surface area contributed by atoms with E-state index in [1.807, 2.05) is 5.01 Å². The zero-order chi connectivity index (χ0) is 15.6. The molecule has 2 atom stereocenters. The molecule has 1 aromatic carbocycles. The van der Waals surface area contributed by atoms with Crippen molar-refractivity contribution in [1.29, 1.82) is 0 Å². The Balaban J connectivity index is 2.21. The normalized spacial score (nSPS) is 22.8. The van der Waals surface area contributed by atoms with Gasteiger partial charge in [0.05, 0.1) is 10.5 Å². The number of hydrogen-bond acceptors (Lipinski definition) is 4. The van der Waals surface area contributed by atoms with Crippen molar-refractivity contribution in [2.24, 2.45) is 0 Å². The molecule has 114 valence electrons. The zero-order valence-corrected chi connectivity index (χ0v) is 12.6. The van der Waals surface area contributed by atoms with Gasteiger partial charge in [0, 0.05) is 23.7 Å².